The van der Waals surface area contributed by atoms with E-state index in [1.165, 1.54) is 19.1 Å². The maximum atomic E-state index is 11.6. The summed E-state index contributed by atoms with van der Waals surface area (Å²) in [5.41, 5.74) is 1.36. The van der Waals surface area contributed by atoms with Crippen molar-refractivity contribution in [3.05, 3.63) is 52.0 Å². The monoisotopic (exact) mass is 387 g/mol. The zero-order valence-electron chi connectivity index (χ0n) is 13.0. The number of halogens is 2. The molecule has 24 heavy (non-hydrogen) atoms. The van der Waals surface area contributed by atoms with Gasteiger partial charge in [-0.25, -0.2) is 8.42 Å². The van der Waals surface area contributed by atoms with E-state index in [0.717, 1.165) is 11.8 Å². The standard InChI is InChI=1S/C16H15Cl2NO4S/c1-10(20)23-16-8-12(24(2,21)22)4-6-15(16)19-9-11-3-5-13(17)14(18)7-11/h3-8,19H,9H2,1-2H3. The number of nitrogens with one attached hydrogen (secondary N) is 1. The van der Waals surface area contributed by atoms with Crippen LogP contribution in [0.1, 0.15) is 12.5 Å². The highest BCUT2D eigenvalue weighted by molar-refractivity contribution is 7.90. The van der Waals surface area contributed by atoms with Gasteiger partial charge < -0.3 is 10.1 Å². The third-order valence-electron chi connectivity index (χ3n) is 3.10. The van der Waals surface area contributed by atoms with Crippen LogP contribution in [0.2, 0.25) is 10.0 Å². The molecule has 0 aliphatic carbocycles. The number of esters is 1. The van der Waals surface area contributed by atoms with E-state index in [0.29, 0.717) is 22.3 Å². The average Bonchev–Trinajstić information content (AvgIpc) is 2.47. The van der Waals surface area contributed by atoms with Crippen molar-refractivity contribution in [3.63, 3.8) is 0 Å². The van der Waals surface area contributed by atoms with E-state index in [-0.39, 0.29) is 10.6 Å². The van der Waals surface area contributed by atoms with Gasteiger partial charge in [0.05, 0.1) is 20.6 Å². The molecular weight excluding hydrogens is 373 g/mol. The van der Waals surface area contributed by atoms with Gasteiger partial charge in [-0.05, 0) is 29.8 Å². The fourth-order valence-electron chi connectivity index (χ4n) is 1.97. The number of carbonyl (C=O) groups excluding carboxylic acids is 1. The van der Waals surface area contributed by atoms with Gasteiger partial charge in [-0.2, -0.15) is 0 Å². The Morgan fingerprint density at radius 3 is 2.42 bits per heavy atom. The Balaban J connectivity index is 2.27. The minimum atomic E-state index is -3.41. The maximum absolute atomic E-state index is 11.6. The molecule has 0 amide bonds. The molecule has 2 rings (SSSR count). The van der Waals surface area contributed by atoms with E-state index in [4.69, 9.17) is 27.9 Å². The van der Waals surface area contributed by atoms with Crippen molar-refractivity contribution >= 4 is 44.7 Å². The van der Waals surface area contributed by atoms with Gasteiger partial charge in [0.15, 0.2) is 15.6 Å². The van der Waals surface area contributed by atoms with Crippen LogP contribution in [-0.4, -0.2) is 20.6 Å². The SMILES string of the molecule is CC(=O)Oc1cc(S(C)(=O)=O)ccc1NCc1ccc(Cl)c(Cl)c1. The van der Waals surface area contributed by atoms with Gasteiger partial charge in [-0.1, -0.05) is 29.3 Å². The van der Waals surface area contributed by atoms with Crippen LogP contribution in [0.15, 0.2) is 41.3 Å². The number of sulfone groups is 1. The summed E-state index contributed by atoms with van der Waals surface area (Å²) in [6.45, 7) is 1.64. The molecule has 2 aromatic carbocycles. The van der Waals surface area contributed by atoms with Crippen LogP contribution >= 0.6 is 23.2 Å². The summed E-state index contributed by atoms with van der Waals surface area (Å²) in [6, 6.07) is 9.51. The fourth-order valence-corrected chi connectivity index (χ4v) is 2.92. The smallest absolute Gasteiger partial charge is 0.308 e. The second-order valence-corrected chi connectivity index (χ2v) is 7.96. The first kappa shape index (κ1) is 18.6. The first-order valence-electron chi connectivity index (χ1n) is 6.87. The molecule has 0 radical (unpaired) electrons. The summed E-state index contributed by atoms with van der Waals surface area (Å²) < 4.78 is 28.4. The van der Waals surface area contributed by atoms with Crippen molar-refractivity contribution in [2.75, 3.05) is 11.6 Å². The van der Waals surface area contributed by atoms with Crippen molar-refractivity contribution < 1.29 is 17.9 Å². The summed E-state index contributed by atoms with van der Waals surface area (Å²) >= 11 is 11.8. The van der Waals surface area contributed by atoms with Gasteiger partial charge in [-0.15, -0.1) is 0 Å². The molecule has 2 aromatic rings. The number of carbonyl (C=O) groups is 1. The summed E-state index contributed by atoms with van der Waals surface area (Å²) in [4.78, 5) is 11.3. The van der Waals surface area contributed by atoms with Crippen LogP contribution in [-0.2, 0) is 21.2 Å². The molecule has 0 aliphatic heterocycles. The molecule has 0 fully saturated rings. The van der Waals surface area contributed by atoms with Crippen LogP contribution in [0.3, 0.4) is 0 Å². The highest BCUT2D eigenvalue weighted by Crippen LogP contribution is 2.29. The molecule has 0 spiro atoms. The minimum Gasteiger partial charge on any atom is -0.424 e. The lowest BCUT2D eigenvalue weighted by Gasteiger charge is -2.13. The van der Waals surface area contributed by atoms with Crippen LogP contribution in [0.25, 0.3) is 0 Å². The van der Waals surface area contributed by atoms with E-state index >= 15 is 0 Å². The Morgan fingerprint density at radius 2 is 1.83 bits per heavy atom. The first-order chi connectivity index (χ1) is 11.2. The normalized spacial score (nSPS) is 11.2. The molecule has 0 unspecified atom stereocenters. The van der Waals surface area contributed by atoms with Gasteiger partial charge in [0.25, 0.3) is 0 Å². The molecule has 8 heteroatoms. The lowest BCUT2D eigenvalue weighted by molar-refractivity contribution is -0.131. The highest BCUT2D eigenvalue weighted by Gasteiger charge is 2.13. The molecule has 0 heterocycles. The van der Waals surface area contributed by atoms with Crippen molar-refractivity contribution in [2.45, 2.75) is 18.4 Å². The van der Waals surface area contributed by atoms with E-state index in [1.807, 2.05) is 0 Å². The Hall–Kier alpha value is -1.76. The van der Waals surface area contributed by atoms with Crippen LogP contribution in [0, 0.1) is 0 Å². The molecule has 0 aromatic heterocycles. The topological polar surface area (TPSA) is 72.5 Å². The van der Waals surface area contributed by atoms with E-state index in [9.17, 15) is 13.2 Å². The summed E-state index contributed by atoms with van der Waals surface area (Å²) in [5, 5.41) is 3.98. The Morgan fingerprint density at radius 1 is 1.12 bits per heavy atom. The predicted octanol–water partition coefficient (Wildman–Crippen LogP) is 3.93. The van der Waals surface area contributed by atoms with Crippen molar-refractivity contribution in [3.8, 4) is 5.75 Å². The van der Waals surface area contributed by atoms with Crippen molar-refractivity contribution in [2.24, 2.45) is 0 Å². The molecule has 5 nitrogen and oxygen atoms in total. The highest BCUT2D eigenvalue weighted by atomic mass is 35.5. The van der Waals surface area contributed by atoms with Crippen LogP contribution < -0.4 is 10.1 Å². The second kappa shape index (κ2) is 7.42. The zero-order chi connectivity index (χ0) is 17.9. The Labute approximate surface area is 150 Å². The van der Waals surface area contributed by atoms with Crippen LogP contribution in [0.4, 0.5) is 5.69 Å². The molecule has 1 N–H and O–H groups in total. The number of benzene rings is 2. The van der Waals surface area contributed by atoms with Gasteiger partial charge in [0, 0.05) is 25.8 Å². The second-order valence-electron chi connectivity index (χ2n) is 5.13. The van der Waals surface area contributed by atoms with E-state index < -0.39 is 15.8 Å². The predicted molar refractivity (Wildman–Crippen MR) is 94.6 cm³/mol. The van der Waals surface area contributed by atoms with Gasteiger partial charge >= 0.3 is 5.97 Å². The first-order valence-corrected chi connectivity index (χ1v) is 9.52. The third kappa shape index (κ3) is 4.87. The lowest BCUT2D eigenvalue weighted by Crippen LogP contribution is -2.08. The summed E-state index contributed by atoms with van der Waals surface area (Å²) in [5.74, 6) is -0.399. The number of anilines is 1. The van der Waals surface area contributed by atoms with Gasteiger partial charge in [0.1, 0.15) is 0 Å². The number of hydrogen-bond donors (Lipinski definition) is 1. The van der Waals surface area contributed by atoms with Crippen LogP contribution in [0.5, 0.6) is 5.75 Å². The van der Waals surface area contributed by atoms with Gasteiger partial charge in [0.2, 0.25) is 0 Å². The molecule has 0 atom stereocenters. The largest absolute Gasteiger partial charge is 0.424 e. The summed E-state index contributed by atoms with van der Waals surface area (Å²) in [6.07, 6.45) is 1.09. The minimum absolute atomic E-state index is 0.0684. The third-order valence-corrected chi connectivity index (χ3v) is 4.95. The lowest BCUT2D eigenvalue weighted by atomic mass is 10.2. The molecule has 128 valence electrons. The van der Waals surface area contributed by atoms with E-state index in [2.05, 4.69) is 5.32 Å². The Kier molecular flexibility index (Phi) is 5.74. The molecule has 0 bridgehead atoms. The summed E-state index contributed by atoms with van der Waals surface area (Å²) in [7, 11) is -3.41. The fraction of sp³-hybridized carbons (Fsp3) is 0.188. The zero-order valence-corrected chi connectivity index (χ0v) is 15.3. The van der Waals surface area contributed by atoms with Crippen molar-refractivity contribution in [1.82, 2.24) is 0 Å². The number of rotatable bonds is 5. The van der Waals surface area contributed by atoms with Crippen molar-refractivity contribution in [1.29, 1.82) is 0 Å². The van der Waals surface area contributed by atoms with Gasteiger partial charge in [-0.3, -0.25) is 4.79 Å². The number of hydrogen-bond acceptors (Lipinski definition) is 5. The molecular formula is C16H15Cl2NO4S. The molecule has 0 saturated heterocycles. The van der Waals surface area contributed by atoms with E-state index in [1.54, 1.807) is 24.3 Å². The average molecular weight is 388 g/mol. The molecule has 0 saturated carbocycles. The Bertz CT molecular complexity index is 882. The number of ether oxygens (including phenoxy) is 1. The quantitative estimate of drug-likeness (QED) is 0.621. The maximum Gasteiger partial charge on any atom is 0.308 e. The molecule has 0 aliphatic rings.